The minimum absolute atomic E-state index is 0.0950. The molecule has 1 fully saturated rings. The van der Waals surface area contributed by atoms with E-state index in [9.17, 15) is 4.79 Å². The molecule has 22 heavy (non-hydrogen) atoms. The van der Waals surface area contributed by atoms with Crippen LogP contribution in [0.4, 0.5) is 0 Å². The van der Waals surface area contributed by atoms with Crippen LogP contribution in [-0.2, 0) is 18.4 Å². The zero-order chi connectivity index (χ0) is 16.2. The van der Waals surface area contributed by atoms with E-state index < -0.39 is 5.54 Å². The van der Waals surface area contributed by atoms with Crippen molar-refractivity contribution < 1.29 is 4.79 Å². The first-order valence-electron chi connectivity index (χ1n) is 8.20. The topological polar surface area (TPSA) is 67.4 Å². The predicted octanol–water partition coefficient (Wildman–Crippen LogP) is 0.972. The van der Waals surface area contributed by atoms with E-state index in [-0.39, 0.29) is 5.91 Å². The number of nitrogens with zero attached hydrogens (tertiary/aromatic N) is 4. The van der Waals surface area contributed by atoms with E-state index in [0.29, 0.717) is 0 Å². The van der Waals surface area contributed by atoms with Gasteiger partial charge in [0.1, 0.15) is 0 Å². The first kappa shape index (κ1) is 17.0. The summed E-state index contributed by atoms with van der Waals surface area (Å²) in [7, 11) is 1.93. The predicted molar refractivity (Wildman–Crippen MR) is 87.2 cm³/mol. The van der Waals surface area contributed by atoms with Crippen molar-refractivity contribution in [2.24, 2.45) is 12.8 Å². The second-order valence-corrected chi connectivity index (χ2v) is 6.61. The highest BCUT2D eigenvalue weighted by atomic mass is 16.2. The smallest absolute Gasteiger partial charge is 0.242 e. The molecule has 1 aromatic rings. The van der Waals surface area contributed by atoms with Crippen LogP contribution in [0.5, 0.6) is 0 Å². The number of carbonyl (C=O) groups excluding carboxylic acids is 1. The summed E-state index contributed by atoms with van der Waals surface area (Å²) in [6.07, 6.45) is 6.62. The fraction of sp³-hybridized carbons (Fsp3) is 0.750. The SMILES string of the molecule is CCCC(C)(N)C(=O)N1CCCN(Cc2cnn(C)c2)CC1. The number of amides is 1. The number of aryl methyl sites for hydroxylation is 1. The van der Waals surface area contributed by atoms with Crippen molar-refractivity contribution in [3.63, 3.8) is 0 Å². The minimum Gasteiger partial charge on any atom is -0.340 e. The van der Waals surface area contributed by atoms with Crippen LogP contribution in [0.2, 0.25) is 0 Å². The van der Waals surface area contributed by atoms with Gasteiger partial charge >= 0.3 is 0 Å². The summed E-state index contributed by atoms with van der Waals surface area (Å²) in [4.78, 5) is 16.9. The highest BCUT2D eigenvalue weighted by Crippen LogP contribution is 2.15. The van der Waals surface area contributed by atoms with E-state index in [1.54, 1.807) is 0 Å². The molecular weight excluding hydrogens is 278 g/mol. The lowest BCUT2D eigenvalue weighted by molar-refractivity contribution is -0.136. The molecule has 1 aromatic heterocycles. The molecule has 0 saturated carbocycles. The Kier molecular flexibility index (Phi) is 5.58. The molecule has 2 N–H and O–H groups in total. The standard InChI is InChI=1S/C16H29N5O/c1-4-6-16(2,17)15(22)21-8-5-7-20(9-10-21)13-14-11-18-19(3)12-14/h11-12H,4-10,13,17H2,1-3H3. The van der Waals surface area contributed by atoms with Crippen molar-refractivity contribution in [3.05, 3.63) is 18.0 Å². The third-order valence-electron chi connectivity index (χ3n) is 4.30. The van der Waals surface area contributed by atoms with E-state index in [4.69, 9.17) is 5.73 Å². The molecule has 1 saturated heterocycles. The zero-order valence-electron chi connectivity index (χ0n) is 14.1. The maximum atomic E-state index is 12.6. The summed E-state index contributed by atoms with van der Waals surface area (Å²) in [5.41, 5.74) is 6.69. The molecule has 0 aromatic carbocycles. The van der Waals surface area contributed by atoms with E-state index >= 15 is 0 Å². The molecule has 1 aliphatic heterocycles. The van der Waals surface area contributed by atoms with Gasteiger partial charge in [-0.1, -0.05) is 13.3 Å². The Morgan fingerprint density at radius 2 is 2.14 bits per heavy atom. The average Bonchev–Trinajstić information content (AvgIpc) is 2.72. The molecule has 1 unspecified atom stereocenters. The Bertz CT molecular complexity index is 496. The van der Waals surface area contributed by atoms with Crippen molar-refractivity contribution in [1.29, 1.82) is 0 Å². The molecule has 0 radical (unpaired) electrons. The molecule has 1 aliphatic rings. The lowest BCUT2D eigenvalue weighted by Crippen LogP contribution is -2.53. The van der Waals surface area contributed by atoms with Crippen molar-refractivity contribution in [2.75, 3.05) is 26.2 Å². The summed E-state index contributed by atoms with van der Waals surface area (Å²) in [5, 5.41) is 4.21. The second-order valence-electron chi connectivity index (χ2n) is 6.61. The number of hydrogen-bond donors (Lipinski definition) is 1. The molecule has 6 nitrogen and oxygen atoms in total. The van der Waals surface area contributed by atoms with Gasteiger partial charge in [0.05, 0.1) is 11.7 Å². The van der Waals surface area contributed by atoms with Gasteiger partial charge < -0.3 is 10.6 Å². The van der Waals surface area contributed by atoms with Crippen LogP contribution in [0, 0.1) is 0 Å². The summed E-state index contributed by atoms with van der Waals surface area (Å²) < 4.78 is 1.83. The monoisotopic (exact) mass is 307 g/mol. The molecular formula is C16H29N5O. The lowest BCUT2D eigenvalue weighted by atomic mass is 9.95. The fourth-order valence-corrected chi connectivity index (χ4v) is 3.13. The van der Waals surface area contributed by atoms with Gasteiger partial charge in [-0.15, -0.1) is 0 Å². The Labute approximate surface area is 133 Å². The highest BCUT2D eigenvalue weighted by Gasteiger charge is 2.32. The number of aromatic nitrogens is 2. The van der Waals surface area contributed by atoms with Gasteiger partial charge in [-0.2, -0.15) is 5.10 Å². The largest absolute Gasteiger partial charge is 0.340 e. The van der Waals surface area contributed by atoms with Crippen LogP contribution >= 0.6 is 0 Å². The fourth-order valence-electron chi connectivity index (χ4n) is 3.13. The zero-order valence-corrected chi connectivity index (χ0v) is 14.1. The summed E-state index contributed by atoms with van der Waals surface area (Å²) >= 11 is 0. The Morgan fingerprint density at radius 3 is 2.77 bits per heavy atom. The van der Waals surface area contributed by atoms with Crippen LogP contribution in [0.1, 0.15) is 38.7 Å². The first-order valence-corrected chi connectivity index (χ1v) is 8.20. The van der Waals surface area contributed by atoms with Crippen molar-refractivity contribution in [1.82, 2.24) is 19.6 Å². The van der Waals surface area contributed by atoms with Gasteiger partial charge in [-0.25, -0.2) is 0 Å². The van der Waals surface area contributed by atoms with E-state index in [0.717, 1.165) is 52.0 Å². The molecule has 6 heteroatoms. The summed E-state index contributed by atoms with van der Waals surface area (Å²) in [6, 6.07) is 0. The summed E-state index contributed by atoms with van der Waals surface area (Å²) in [6.45, 7) is 8.28. The number of carbonyl (C=O) groups is 1. The van der Waals surface area contributed by atoms with Gasteiger partial charge in [-0.3, -0.25) is 14.4 Å². The van der Waals surface area contributed by atoms with Crippen LogP contribution < -0.4 is 5.73 Å². The molecule has 0 spiro atoms. The third kappa shape index (κ3) is 4.30. The van der Waals surface area contributed by atoms with Gasteiger partial charge in [0.2, 0.25) is 5.91 Å². The second kappa shape index (κ2) is 7.24. The van der Waals surface area contributed by atoms with Gasteiger partial charge in [0.15, 0.2) is 0 Å². The van der Waals surface area contributed by atoms with Crippen molar-refractivity contribution in [2.45, 2.75) is 45.2 Å². The number of hydrogen-bond acceptors (Lipinski definition) is 4. The van der Waals surface area contributed by atoms with Crippen LogP contribution in [0.3, 0.4) is 0 Å². The lowest BCUT2D eigenvalue weighted by Gasteiger charge is -2.31. The van der Waals surface area contributed by atoms with Crippen LogP contribution in [0.15, 0.2) is 12.4 Å². The Hall–Kier alpha value is -1.40. The molecule has 1 amide bonds. The molecule has 2 heterocycles. The molecule has 2 rings (SSSR count). The van der Waals surface area contributed by atoms with E-state index in [1.165, 1.54) is 5.56 Å². The van der Waals surface area contributed by atoms with Crippen molar-refractivity contribution in [3.8, 4) is 0 Å². The quantitative estimate of drug-likeness (QED) is 0.880. The normalized spacial score (nSPS) is 19.7. The Morgan fingerprint density at radius 1 is 1.36 bits per heavy atom. The number of nitrogens with two attached hydrogens (primary N) is 1. The van der Waals surface area contributed by atoms with E-state index in [1.807, 2.05) is 35.9 Å². The van der Waals surface area contributed by atoms with Gasteiger partial charge in [0, 0.05) is 51.5 Å². The molecule has 0 aliphatic carbocycles. The molecule has 1 atom stereocenters. The number of rotatable bonds is 5. The highest BCUT2D eigenvalue weighted by molar-refractivity contribution is 5.85. The average molecular weight is 307 g/mol. The maximum absolute atomic E-state index is 12.6. The van der Waals surface area contributed by atoms with Crippen LogP contribution in [0.25, 0.3) is 0 Å². The van der Waals surface area contributed by atoms with E-state index in [2.05, 4.69) is 16.9 Å². The van der Waals surface area contributed by atoms with Crippen LogP contribution in [-0.4, -0.2) is 57.2 Å². The summed E-state index contributed by atoms with van der Waals surface area (Å²) in [5.74, 6) is 0.0950. The maximum Gasteiger partial charge on any atom is 0.242 e. The molecule has 0 bridgehead atoms. The van der Waals surface area contributed by atoms with Gasteiger partial charge in [0.25, 0.3) is 0 Å². The van der Waals surface area contributed by atoms with Gasteiger partial charge in [-0.05, 0) is 19.8 Å². The van der Waals surface area contributed by atoms with Crippen molar-refractivity contribution >= 4 is 5.91 Å². The third-order valence-corrected chi connectivity index (χ3v) is 4.30. The first-order chi connectivity index (χ1) is 10.4. The molecule has 124 valence electrons. The Balaban J connectivity index is 1.90. The minimum atomic E-state index is -0.729.